The first kappa shape index (κ1) is 18.7. The molecule has 2 N–H and O–H groups in total. The topological polar surface area (TPSA) is 74.7 Å². The van der Waals surface area contributed by atoms with Gasteiger partial charge < -0.3 is 15.0 Å². The molecule has 9 heteroatoms. The van der Waals surface area contributed by atoms with Crippen molar-refractivity contribution in [3.05, 3.63) is 48.3 Å². The monoisotopic (exact) mass is 413 g/mol. The summed E-state index contributed by atoms with van der Waals surface area (Å²) in [5.74, 6) is 0.423. The van der Waals surface area contributed by atoms with Gasteiger partial charge in [0.25, 0.3) is 0 Å². The summed E-state index contributed by atoms with van der Waals surface area (Å²) in [5.41, 5.74) is 4.17. The molecule has 0 unspecified atom stereocenters. The molecule has 2 aliphatic rings. The lowest BCUT2D eigenvalue weighted by molar-refractivity contribution is -0.274. The van der Waals surface area contributed by atoms with E-state index in [0.717, 1.165) is 52.7 Å². The molecule has 6 nitrogen and oxygen atoms in total. The van der Waals surface area contributed by atoms with Crippen molar-refractivity contribution in [1.29, 1.82) is 0 Å². The standard InChI is InChI=1S/C21H18F3N5O/c22-21(23,24)30-15-5-1-12(2-6-15)13-9-16-17(11-27-19(16)26-10-13)18-7-8-25-20(29-18)28-14-3-4-14/h1-2,5-6,9-11,14H,3-4,7-8H2,(H,25,28)(H,26,27). The molecule has 1 aliphatic heterocycles. The summed E-state index contributed by atoms with van der Waals surface area (Å²) < 4.78 is 41.0. The first-order chi connectivity index (χ1) is 14.4. The van der Waals surface area contributed by atoms with E-state index in [0.29, 0.717) is 18.5 Å². The van der Waals surface area contributed by atoms with Crippen molar-refractivity contribution in [3.8, 4) is 16.9 Å². The number of hydrogen-bond donors (Lipinski definition) is 2. The Labute approximate surface area is 169 Å². The number of alkyl halides is 3. The van der Waals surface area contributed by atoms with Crippen molar-refractivity contribution in [2.24, 2.45) is 9.98 Å². The summed E-state index contributed by atoms with van der Waals surface area (Å²) in [4.78, 5) is 16.8. The zero-order valence-corrected chi connectivity index (χ0v) is 15.8. The van der Waals surface area contributed by atoms with Gasteiger partial charge in [-0.1, -0.05) is 12.1 Å². The number of guanidine groups is 1. The number of aromatic nitrogens is 2. The fourth-order valence-electron chi connectivity index (χ4n) is 3.42. The van der Waals surface area contributed by atoms with Crippen LogP contribution in [0, 0.1) is 0 Å². The van der Waals surface area contributed by atoms with Crippen LogP contribution in [-0.2, 0) is 0 Å². The minimum atomic E-state index is -4.71. The molecule has 1 saturated carbocycles. The number of rotatable bonds is 4. The van der Waals surface area contributed by atoms with Crippen molar-refractivity contribution in [2.45, 2.75) is 31.7 Å². The molecule has 0 spiro atoms. The van der Waals surface area contributed by atoms with Gasteiger partial charge in [0.2, 0.25) is 5.96 Å². The van der Waals surface area contributed by atoms with E-state index in [1.807, 2.05) is 12.3 Å². The lowest BCUT2D eigenvalue weighted by Gasteiger charge is -2.13. The third kappa shape index (κ3) is 4.00. The normalized spacial score (nSPS) is 16.9. The van der Waals surface area contributed by atoms with E-state index < -0.39 is 6.36 Å². The highest BCUT2D eigenvalue weighted by molar-refractivity contribution is 6.15. The van der Waals surface area contributed by atoms with Crippen LogP contribution in [-0.4, -0.2) is 40.6 Å². The largest absolute Gasteiger partial charge is 0.573 e. The van der Waals surface area contributed by atoms with Crippen molar-refractivity contribution < 1.29 is 17.9 Å². The summed E-state index contributed by atoms with van der Waals surface area (Å²) in [5, 5.41) is 4.25. The second kappa shape index (κ2) is 7.16. The molecular weight excluding hydrogens is 395 g/mol. The van der Waals surface area contributed by atoms with Gasteiger partial charge in [-0.05, 0) is 36.6 Å². The van der Waals surface area contributed by atoms with Crippen LogP contribution in [0.1, 0.15) is 24.8 Å². The van der Waals surface area contributed by atoms with Crippen LogP contribution in [0.15, 0.2) is 52.7 Å². The van der Waals surface area contributed by atoms with Gasteiger partial charge in [-0.25, -0.2) is 9.98 Å². The predicted octanol–water partition coefficient (Wildman–Crippen LogP) is 4.43. The Hall–Kier alpha value is -3.36. The molecule has 0 atom stereocenters. The van der Waals surface area contributed by atoms with Crippen LogP contribution >= 0.6 is 0 Å². The Morgan fingerprint density at radius 1 is 1.10 bits per heavy atom. The summed E-state index contributed by atoms with van der Waals surface area (Å²) in [6.45, 7) is 0.675. The van der Waals surface area contributed by atoms with Crippen LogP contribution < -0.4 is 10.1 Å². The van der Waals surface area contributed by atoms with E-state index in [1.165, 1.54) is 12.1 Å². The predicted molar refractivity (Wildman–Crippen MR) is 108 cm³/mol. The number of H-pyrrole nitrogens is 1. The van der Waals surface area contributed by atoms with Crippen LogP contribution in [0.25, 0.3) is 22.2 Å². The summed E-state index contributed by atoms with van der Waals surface area (Å²) in [7, 11) is 0. The second-order valence-corrected chi connectivity index (χ2v) is 7.33. The number of pyridine rings is 1. The highest BCUT2D eigenvalue weighted by Gasteiger charge is 2.31. The van der Waals surface area contributed by atoms with Gasteiger partial charge in [-0.15, -0.1) is 13.2 Å². The highest BCUT2D eigenvalue weighted by Crippen LogP contribution is 2.29. The van der Waals surface area contributed by atoms with Crippen molar-refractivity contribution in [3.63, 3.8) is 0 Å². The van der Waals surface area contributed by atoms with Crippen molar-refractivity contribution in [2.75, 3.05) is 6.54 Å². The van der Waals surface area contributed by atoms with Crippen LogP contribution in [0.5, 0.6) is 5.75 Å². The highest BCUT2D eigenvalue weighted by atomic mass is 19.4. The lowest BCUT2D eigenvalue weighted by Crippen LogP contribution is -2.28. The van der Waals surface area contributed by atoms with Gasteiger partial charge in [0.05, 0.1) is 5.71 Å². The van der Waals surface area contributed by atoms with E-state index in [1.54, 1.807) is 18.3 Å². The Balaban J connectivity index is 1.45. The molecule has 3 aromatic rings. The van der Waals surface area contributed by atoms with Crippen molar-refractivity contribution >= 4 is 22.7 Å². The van der Waals surface area contributed by atoms with E-state index >= 15 is 0 Å². The maximum absolute atomic E-state index is 12.4. The molecule has 1 fully saturated rings. The van der Waals surface area contributed by atoms with Gasteiger partial charge in [0.15, 0.2) is 0 Å². The average Bonchev–Trinajstić information content (AvgIpc) is 3.42. The van der Waals surface area contributed by atoms with Crippen LogP contribution in [0.4, 0.5) is 13.2 Å². The molecule has 0 bridgehead atoms. The number of benzene rings is 1. The Morgan fingerprint density at radius 3 is 2.63 bits per heavy atom. The fraction of sp³-hybridized carbons (Fsp3) is 0.286. The number of nitrogens with zero attached hydrogens (tertiary/aromatic N) is 3. The van der Waals surface area contributed by atoms with Crippen molar-refractivity contribution in [1.82, 2.24) is 15.3 Å². The Kier molecular flexibility index (Phi) is 4.45. The number of aliphatic imine (C=N–C) groups is 2. The van der Waals surface area contributed by atoms with Gasteiger partial charge in [0.1, 0.15) is 11.4 Å². The maximum Gasteiger partial charge on any atom is 0.573 e. The van der Waals surface area contributed by atoms with Gasteiger partial charge in [0, 0.05) is 47.9 Å². The van der Waals surface area contributed by atoms with Crippen LogP contribution in [0.3, 0.4) is 0 Å². The molecule has 1 aromatic carbocycles. The number of nitrogens with one attached hydrogen (secondary N) is 2. The lowest BCUT2D eigenvalue weighted by atomic mass is 10.0. The fourth-order valence-corrected chi connectivity index (χ4v) is 3.42. The third-order valence-corrected chi connectivity index (χ3v) is 5.02. The number of ether oxygens (including phenoxy) is 1. The van der Waals surface area contributed by atoms with E-state index in [2.05, 4.69) is 30.0 Å². The average molecular weight is 413 g/mol. The molecule has 154 valence electrons. The molecule has 2 aromatic heterocycles. The maximum atomic E-state index is 12.4. The van der Waals surface area contributed by atoms with Gasteiger partial charge in [-0.2, -0.15) is 0 Å². The van der Waals surface area contributed by atoms with E-state index in [4.69, 9.17) is 0 Å². The third-order valence-electron chi connectivity index (χ3n) is 5.02. The molecule has 30 heavy (non-hydrogen) atoms. The molecular formula is C21H18F3N5O. The molecule has 0 amide bonds. The zero-order chi connectivity index (χ0) is 20.7. The summed E-state index contributed by atoms with van der Waals surface area (Å²) in [6, 6.07) is 8.20. The molecule has 0 radical (unpaired) electrons. The molecule has 3 heterocycles. The van der Waals surface area contributed by atoms with E-state index in [9.17, 15) is 13.2 Å². The van der Waals surface area contributed by atoms with Crippen LogP contribution in [0.2, 0.25) is 0 Å². The number of fused-ring (bicyclic) bond motifs is 1. The van der Waals surface area contributed by atoms with E-state index in [-0.39, 0.29) is 5.75 Å². The smallest absolute Gasteiger partial charge is 0.406 e. The first-order valence-corrected chi connectivity index (χ1v) is 9.67. The molecule has 5 rings (SSSR count). The SMILES string of the molecule is FC(F)(F)Oc1ccc(-c2cnc3[nH]cc(C4=NC(NC5CC5)=NCC4)c3c2)cc1. The quantitative estimate of drug-likeness (QED) is 0.665. The molecule has 1 aliphatic carbocycles. The number of hydrogen-bond acceptors (Lipinski definition) is 5. The molecule has 0 saturated heterocycles. The number of halogens is 3. The second-order valence-electron chi connectivity index (χ2n) is 7.33. The zero-order valence-electron chi connectivity index (χ0n) is 15.8. The van der Waals surface area contributed by atoms with Gasteiger partial charge >= 0.3 is 6.36 Å². The van der Waals surface area contributed by atoms with Gasteiger partial charge in [-0.3, -0.25) is 4.99 Å². The summed E-state index contributed by atoms with van der Waals surface area (Å²) >= 11 is 0. The first-order valence-electron chi connectivity index (χ1n) is 9.67. The minimum Gasteiger partial charge on any atom is -0.406 e. The number of aromatic amines is 1. The minimum absolute atomic E-state index is 0.255. The summed E-state index contributed by atoms with van der Waals surface area (Å²) in [6.07, 6.45) is 1.90. The Bertz CT molecular complexity index is 1140. The Morgan fingerprint density at radius 2 is 1.90 bits per heavy atom.